The quantitative estimate of drug-likeness (QED) is 0.740. The molecular formula is C12H23N5O. The fourth-order valence-electron chi connectivity index (χ4n) is 1.53. The van der Waals surface area contributed by atoms with E-state index in [0.717, 1.165) is 6.42 Å². The minimum Gasteiger partial charge on any atom is -0.464 e. The summed E-state index contributed by atoms with van der Waals surface area (Å²) >= 11 is 0. The van der Waals surface area contributed by atoms with Crippen molar-refractivity contribution in [2.45, 2.75) is 46.1 Å². The van der Waals surface area contributed by atoms with Gasteiger partial charge < -0.3 is 15.4 Å². The lowest BCUT2D eigenvalue weighted by Gasteiger charge is -2.14. The first-order valence-electron chi connectivity index (χ1n) is 6.52. The standard InChI is InChI=1S/C12H23N5O/c1-5-7-8-9(3)14-11-15-10(13-4)16-12(17-11)18-6-2/h9H,5-8H2,1-4H3,(H2,13,14,15,16,17). The van der Waals surface area contributed by atoms with Gasteiger partial charge in [0.15, 0.2) is 0 Å². The molecule has 2 N–H and O–H groups in total. The van der Waals surface area contributed by atoms with Crippen molar-refractivity contribution >= 4 is 11.9 Å². The molecule has 0 aliphatic heterocycles. The van der Waals surface area contributed by atoms with Crippen LogP contribution in [0.25, 0.3) is 0 Å². The predicted molar refractivity (Wildman–Crippen MR) is 73.2 cm³/mol. The molecule has 1 rings (SSSR count). The summed E-state index contributed by atoms with van der Waals surface area (Å²) in [5, 5.41) is 6.17. The van der Waals surface area contributed by atoms with Gasteiger partial charge in [-0.2, -0.15) is 15.0 Å². The molecule has 0 amide bonds. The second-order valence-electron chi connectivity index (χ2n) is 4.14. The summed E-state index contributed by atoms with van der Waals surface area (Å²) in [6.07, 6.45) is 3.48. The molecule has 6 nitrogen and oxygen atoms in total. The maximum absolute atomic E-state index is 5.31. The van der Waals surface area contributed by atoms with Crippen LogP contribution in [0.2, 0.25) is 0 Å². The Bertz CT molecular complexity index is 358. The Labute approximate surface area is 109 Å². The molecule has 1 atom stereocenters. The van der Waals surface area contributed by atoms with Gasteiger partial charge in [0.25, 0.3) is 0 Å². The minimum atomic E-state index is 0.339. The fraction of sp³-hybridized carbons (Fsp3) is 0.750. The summed E-state index contributed by atoms with van der Waals surface area (Å²) < 4.78 is 5.31. The molecule has 102 valence electrons. The topological polar surface area (TPSA) is 72.0 Å². The predicted octanol–water partition coefficient (Wildman–Crippen LogP) is 2.30. The number of ether oxygens (including phenoxy) is 1. The Morgan fingerprint density at radius 3 is 2.50 bits per heavy atom. The van der Waals surface area contributed by atoms with Crippen molar-refractivity contribution in [3.05, 3.63) is 0 Å². The third-order valence-electron chi connectivity index (χ3n) is 2.48. The van der Waals surface area contributed by atoms with E-state index >= 15 is 0 Å². The lowest BCUT2D eigenvalue weighted by Crippen LogP contribution is -2.18. The van der Waals surface area contributed by atoms with Crippen LogP contribution >= 0.6 is 0 Å². The Hall–Kier alpha value is -1.59. The first-order chi connectivity index (χ1) is 8.69. The zero-order valence-electron chi connectivity index (χ0n) is 11.7. The Morgan fingerprint density at radius 1 is 1.17 bits per heavy atom. The van der Waals surface area contributed by atoms with Gasteiger partial charge in [0.1, 0.15) is 0 Å². The van der Waals surface area contributed by atoms with Crippen molar-refractivity contribution < 1.29 is 4.74 Å². The van der Waals surface area contributed by atoms with E-state index < -0.39 is 0 Å². The smallest absolute Gasteiger partial charge is 0.323 e. The molecule has 1 heterocycles. The van der Waals surface area contributed by atoms with Crippen molar-refractivity contribution in [2.24, 2.45) is 0 Å². The number of anilines is 2. The molecular weight excluding hydrogens is 230 g/mol. The van der Waals surface area contributed by atoms with Crippen molar-refractivity contribution in [1.29, 1.82) is 0 Å². The summed E-state index contributed by atoms with van der Waals surface area (Å²) in [4.78, 5) is 12.6. The summed E-state index contributed by atoms with van der Waals surface area (Å²) in [6.45, 7) is 6.75. The molecule has 6 heteroatoms. The van der Waals surface area contributed by atoms with Crippen LogP contribution in [0.1, 0.15) is 40.0 Å². The number of unbranched alkanes of at least 4 members (excludes halogenated alkanes) is 1. The molecule has 0 aromatic carbocycles. The second kappa shape index (κ2) is 7.68. The first-order valence-corrected chi connectivity index (χ1v) is 6.52. The highest BCUT2D eigenvalue weighted by Gasteiger charge is 2.08. The van der Waals surface area contributed by atoms with Gasteiger partial charge >= 0.3 is 6.01 Å². The van der Waals surface area contributed by atoms with E-state index in [9.17, 15) is 0 Å². The number of hydrogen-bond donors (Lipinski definition) is 2. The number of rotatable bonds is 8. The van der Waals surface area contributed by atoms with E-state index in [2.05, 4.69) is 39.4 Å². The Balaban J connectivity index is 2.71. The molecule has 0 fully saturated rings. The summed E-state index contributed by atoms with van der Waals surface area (Å²) in [5.74, 6) is 1.07. The fourth-order valence-corrected chi connectivity index (χ4v) is 1.53. The molecule has 1 aromatic heterocycles. The molecule has 0 aliphatic rings. The molecule has 0 saturated heterocycles. The highest BCUT2D eigenvalue weighted by molar-refractivity contribution is 5.35. The number of nitrogens with one attached hydrogen (secondary N) is 2. The van der Waals surface area contributed by atoms with E-state index in [1.54, 1.807) is 7.05 Å². The molecule has 0 aliphatic carbocycles. The molecule has 1 aromatic rings. The normalized spacial score (nSPS) is 12.0. The van der Waals surface area contributed by atoms with E-state index in [1.165, 1.54) is 12.8 Å². The third-order valence-corrected chi connectivity index (χ3v) is 2.48. The summed E-state index contributed by atoms with van der Waals surface area (Å²) in [6, 6.07) is 0.688. The molecule has 0 saturated carbocycles. The maximum atomic E-state index is 5.31. The van der Waals surface area contributed by atoms with Gasteiger partial charge in [0, 0.05) is 13.1 Å². The minimum absolute atomic E-state index is 0.339. The highest BCUT2D eigenvalue weighted by atomic mass is 16.5. The largest absolute Gasteiger partial charge is 0.464 e. The van der Waals surface area contributed by atoms with E-state index in [4.69, 9.17) is 4.74 Å². The zero-order chi connectivity index (χ0) is 13.4. The van der Waals surface area contributed by atoms with Crippen LogP contribution in [0.4, 0.5) is 11.9 Å². The highest BCUT2D eigenvalue weighted by Crippen LogP contribution is 2.13. The van der Waals surface area contributed by atoms with Gasteiger partial charge in [0.05, 0.1) is 6.61 Å². The van der Waals surface area contributed by atoms with Gasteiger partial charge in [-0.25, -0.2) is 0 Å². The second-order valence-corrected chi connectivity index (χ2v) is 4.14. The molecule has 1 unspecified atom stereocenters. The maximum Gasteiger partial charge on any atom is 0.323 e. The van der Waals surface area contributed by atoms with E-state index in [0.29, 0.717) is 30.6 Å². The van der Waals surface area contributed by atoms with Gasteiger partial charge in [-0.15, -0.1) is 0 Å². The van der Waals surface area contributed by atoms with Crippen LogP contribution < -0.4 is 15.4 Å². The molecule has 0 radical (unpaired) electrons. The van der Waals surface area contributed by atoms with Crippen molar-refractivity contribution in [3.63, 3.8) is 0 Å². The number of nitrogens with zero attached hydrogens (tertiary/aromatic N) is 3. The van der Waals surface area contributed by atoms with E-state index in [1.807, 2.05) is 6.92 Å². The molecule has 0 spiro atoms. The molecule has 0 bridgehead atoms. The lowest BCUT2D eigenvalue weighted by molar-refractivity contribution is 0.312. The molecule has 18 heavy (non-hydrogen) atoms. The van der Waals surface area contributed by atoms with Crippen LogP contribution in [0.3, 0.4) is 0 Å². The Morgan fingerprint density at radius 2 is 1.89 bits per heavy atom. The first kappa shape index (κ1) is 14.5. The summed E-state index contributed by atoms with van der Waals surface area (Å²) in [5.41, 5.74) is 0. The number of hydrogen-bond acceptors (Lipinski definition) is 6. The van der Waals surface area contributed by atoms with Crippen LogP contribution in [0, 0.1) is 0 Å². The van der Waals surface area contributed by atoms with Crippen LogP contribution in [-0.2, 0) is 0 Å². The van der Waals surface area contributed by atoms with E-state index in [-0.39, 0.29) is 0 Å². The van der Waals surface area contributed by atoms with Gasteiger partial charge in [-0.1, -0.05) is 19.8 Å². The Kier molecular flexibility index (Phi) is 6.18. The third kappa shape index (κ3) is 4.73. The average molecular weight is 253 g/mol. The van der Waals surface area contributed by atoms with Crippen LogP contribution in [-0.4, -0.2) is 34.6 Å². The van der Waals surface area contributed by atoms with Crippen molar-refractivity contribution in [1.82, 2.24) is 15.0 Å². The van der Waals surface area contributed by atoms with Crippen LogP contribution in [0.15, 0.2) is 0 Å². The van der Waals surface area contributed by atoms with Crippen molar-refractivity contribution in [2.75, 3.05) is 24.3 Å². The van der Waals surface area contributed by atoms with Gasteiger partial charge in [-0.3, -0.25) is 0 Å². The van der Waals surface area contributed by atoms with Crippen molar-refractivity contribution in [3.8, 4) is 6.01 Å². The zero-order valence-corrected chi connectivity index (χ0v) is 11.7. The number of aromatic nitrogens is 3. The monoisotopic (exact) mass is 253 g/mol. The van der Waals surface area contributed by atoms with Gasteiger partial charge in [0.2, 0.25) is 11.9 Å². The lowest BCUT2D eigenvalue weighted by atomic mass is 10.1. The SMILES string of the molecule is CCCCC(C)Nc1nc(NC)nc(OCC)n1. The van der Waals surface area contributed by atoms with Gasteiger partial charge in [-0.05, 0) is 20.3 Å². The average Bonchev–Trinajstić information content (AvgIpc) is 2.36. The summed E-state index contributed by atoms with van der Waals surface area (Å²) in [7, 11) is 1.77. The van der Waals surface area contributed by atoms with Crippen LogP contribution in [0.5, 0.6) is 6.01 Å².